The fourth-order valence-corrected chi connectivity index (χ4v) is 2.43. The van der Waals surface area contributed by atoms with Gasteiger partial charge in [0.25, 0.3) is 17.3 Å². The topological polar surface area (TPSA) is 189 Å². The molecule has 33 heavy (non-hydrogen) atoms. The van der Waals surface area contributed by atoms with Crippen molar-refractivity contribution in [2.75, 3.05) is 0 Å². The number of carboxylic acid groups (broad SMARTS) is 1. The standard InChI is InChI=1S/C17H10O7.C6H13NO2/c18-11-7-3-1-5-9(11)13(20)15(22)17(24)16(23)14(21)10-6-2-4-8-12(10)19;1-2-3-4-5(7)6(8)9/h1-8,18-19H;5H,2-4,7H2,1H3,(H,8,9)/t;5-/m.0/s1. The van der Waals surface area contributed by atoms with Crippen molar-refractivity contribution in [3.63, 3.8) is 0 Å². The number of nitrogens with two attached hydrogens (primary N) is 1. The number of carbonyl (C=O) groups is 6. The molecule has 0 bridgehead atoms. The van der Waals surface area contributed by atoms with Gasteiger partial charge in [0.2, 0.25) is 11.6 Å². The molecule has 0 saturated heterocycles. The number of rotatable bonds is 10. The first-order chi connectivity index (χ1) is 15.5. The first-order valence-corrected chi connectivity index (χ1v) is 9.79. The van der Waals surface area contributed by atoms with E-state index in [9.17, 15) is 39.0 Å². The normalized spacial score (nSPS) is 10.8. The third-order valence-corrected chi connectivity index (χ3v) is 4.31. The Morgan fingerprint density at radius 3 is 1.48 bits per heavy atom. The maximum atomic E-state index is 11.9. The van der Waals surface area contributed by atoms with Gasteiger partial charge in [0.05, 0.1) is 11.1 Å². The molecule has 0 spiro atoms. The molecule has 0 heterocycles. The van der Waals surface area contributed by atoms with Gasteiger partial charge in [-0.15, -0.1) is 0 Å². The number of hydrogen-bond donors (Lipinski definition) is 4. The number of carbonyl (C=O) groups excluding carboxylic acids is 5. The number of phenolic OH excluding ortho intramolecular Hbond substituents is 2. The molecule has 10 nitrogen and oxygen atoms in total. The summed E-state index contributed by atoms with van der Waals surface area (Å²) in [4.78, 5) is 69.3. The maximum absolute atomic E-state index is 11.9. The molecule has 0 saturated carbocycles. The molecule has 10 heteroatoms. The molecular weight excluding hydrogens is 434 g/mol. The monoisotopic (exact) mass is 457 g/mol. The van der Waals surface area contributed by atoms with Crippen LogP contribution in [0.4, 0.5) is 0 Å². The molecule has 0 unspecified atom stereocenters. The van der Waals surface area contributed by atoms with E-state index in [0.717, 1.165) is 37.1 Å². The highest BCUT2D eigenvalue weighted by atomic mass is 16.4. The van der Waals surface area contributed by atoms with E-state index in [1.54, 1.807) is 0 Å². The number of benzene rings is 2. The van der Waals surface area contributed by atoms with Gasteiger partial charge in [0.1, 0.15) is 17.5 Å². The van der Waals surface area contributed by atoms with E-state index < -0.39 is 63.6 Å². The van der Waals surface area contributed by atoms with Crippen molar-refractivity contribution in [3.8, 4) is 11.5 Å². The highest BCUT2D eigenvalue weighted by Gasteiger charge is 2.35. The lowest BCUT2D eigenvalue weighted by Gasteiger charge is -2.03. The second-order valence-corrected chi connectivity index (χ2v) is 6.77. The SMILES string of the molecule is CCCC[C@H](N)C(=O)O.O=C(C(=O)C(=O)c1ccccc1O)C(=O)C(=O)c1ccccc1O. The van der Waals surface area contributed by atoms with Crippen molar-refractivity contribution in [3.05, 3.63) is 59.7 Å². The average Bonchev–Trinajstić information content (AvgIpc) is 2.81. The summed E-state index contributed by atoms with van der Waals surface area (Å²) in [5.74, 6) is -10.1. The minimum Gasteiger partial charge on any atom is -0.507 e. The van der Waals surface area contributed by atoms with Crippen LogP contribution in [0.15, 0.2) is 48.5 Å². The highest BCUT2D eigenvalue weighted by molar-refractivity contribution is 6.88. The third-order valence-electron chi connectivity index (χ3n) is 4.31. The Hall–Kier alpha value is -4.18. The largest absolute Gasteiger partial charge is 0.507 e. The summed E-state index contributed by atoms with van der Waals surface area (Å²) < 4.78 is 0. The Morgan fingerprint density at radius 1 is 0.758 bits per heavy atom. The van der Waals surface area contributed by atoms with E-state index in [1.807, 2.05) is 6.92 Å². The van der Waals surface area contributed by atoms with Crippen LogP contribution < -0.4 is 5.73 Å². The molecule has 2 aromatic rings. The third kappa shape index (κ3) is 7.47. The fourth-order valence-electron chi connectivity index (χ4n) is 2.43. The molecule has 5 N–H and O–H groups in total. The second kappa shape index (κ2) is 12.6. The van der Waals surface area contributed by atoms with E-state index in [4.69, 9.17) is 10.8 Å². The predicted octanol–water partition coefficient (Wildman–Crippen LogP) is 1.46. The summed E-state index contributed by atoms with van der Waals surface area (Å²) in [5, 5.41) is 27.3. The molecule has 0 aromatic heterocycles. The van der Waals surface area contributed by atoms with Gasteiger partial charge < -0.3 is 21.1 Å². The highest BCUT2D eigenvalue weighted by Crippen LogP contribution is 2.18. The second-order valence-electron chi connectivity index (χ2n) is 6.77. The van der Waals surface area contributed by atoms with E-state index in [-0.39, 0.29) is 0 Å². The van der Waals surface area contributed by atoms with Gasteiger partial charge in [0.15, 0.2) is 0 Å². The first-order valence-electron chi connectivity index (χ1n) is 9.79. The molecule has 0 radical (unpaired) electrons. The van der Waals surface area contributed by atoms with E-state index in [0.29, 0.717) is 6.42 Å². The molecule has 0 fully saturated rings. The van der Waals surface area contributed by atoms with Crippen LogP contribution in [0.3, 0.4) is 0 Å². The van der Waals surface area contributed by atoms with Crippen LogP contribution in [0, 0.1) is 0 Å². The Morgan fingerprint density at radius 2 is 1.15 bits per heavy atom. The number of carboxylic acids is 1. The van der Waals surface area contributed by atoms with Gasteiger partial charge >= 0.3 is 5.97 Å². The fraction of sp³-hybridized carbons (Fsp3) is 0.217. The number of para-hydroxylation sites is 2. The zero-order valence-electron chi connectivity index (χ0n) is 17.7. The number of ketones is 5. The van der Waals surface area contributed by atoms with Crippen LogP contribution in [-0.2, 0) is 19.2 Å². The van der Waals surface area contributed by atoms with Crippen molar-refractivity contribution in [1.82, 2.24) is 0 Å². The number of phenols is 2. The molecule has 0 aliphatic carbocycles. The Kier molecular flexibility index (Phi) is 10.3. The van der Waals surface area contributed by atoms with E-state index in [2.05, 4.69) is 0 Å². The smallest absolute Gasteiger partial charge is 0.320 e. The van der Waals surface area contributed by atoms with Crippen LogP contribution >= 0.6 is 0 Å². The quantitative estimate of drug-likeness (QED) is 0.231. The minimum atomic E-state index is -1.84. The lowest BCUT2D eigenvalue weighted by atomic mass is 9.97. The summed E-state index contributed by atoms with van der Waals surface area (Å²) in [5.41, 5.74) is 4.28. The van der Waals surface area contributed by atoms with E-state index in [1.165, 1.54) is 24.3 Å². The number of Topliss-reactive ketones (excluding diaryl/α,β-unsaturated/α-hetero) is 5. The van der Waals surface area contributed by atoms with E-state index >= 15 is 0 Å². The summed E-state index contributed by atoms with van der Waals surface area (Å²) >= 11 is 0. The zero-order chi connectivity index (χ0) is 25.1. The van der Waals surface area contributed by atoms with Crippen molar-refractivity contribution in [2.24, 2.45) is 5.73 Å². The number of hydrogen-bond acceptors (Lipinski definition) is 9. The molecular formula is C23H23NO9. The summed E-state index contributed by atoms with van der Waals surface area (Å²) in [7, 11) is 0. The Labute approximate surface area is 188 Å². The Balaban J connectivity index is 0.000000513. The van der Waals surface area contributed by atoms with Crippen molar-refractivity contribution < 1.29 is 44.1 Å². The lowest BCUT2D eigenvalue weighted by Crippen LogP contribution is -2.35. The molecule has 2 aromatic carbocycles. The number of aromatic hydroxyl groups is 2. The lowest BCUT2D eigenvalue weighted by molar-refractivity contribution is -0.140. The number of aliphatic carboxylic acids is 1. The minimum absolute atomic E-state index is 0.460. The van der Waals surface area contributed by atoms with Crippen molar-refractivity contribution in [1.29, 1.82) is 0 Å². The van der Waals surface area contributed by atoms with Gasteiger partial charge in [-0.3, -0.25) is 28.8 Å². The van der Waals surface area contributed by atoms with Crippen LogP contribution in [0.1, 0.15) is 46.9 Å². The van der Waals surface area contributed by atoms with Gasteiger partial charge in [-0.2, -0.15) is 0 Å². The molecule has 0 aliphatic heterocycles. The van der Waals surface area contributed by atoms with Gasteiger partial charge in [-0.1, -0.05) is 44.0 Å². The Bertz CT molecular complexity index is 1000. The molecule has 2 rings (SSSR count). The summed E-state index contributed by atoms with van der Waals surface area (Å²) in [6, 6.07) is 9.26. The predicted molar refractivity (Wildman–Crippen MR) is 115 cm³/mol. The summed E-state index contributed by atoms with van der Waals surface area (Å²) in [6.45, 7) is 2.01. The van der Waals surface area contributed by atoms with Crippen molar-refractivity contribution in [2.45, 2.75) is 32.2 Å². The molecule has 0 amide bonds. The summed E-state index contributed by atoms with van der Waals surface area (Å²) in [6.07, 6.45) is 2.49. The van der Waals surface area contributed by atoms with Gasteiger partial charge in [0, 0.05) is 0 Å². The first kappa shape index (κ1) is 26.9. The van der Waals surface area contributed by atoms with Crippen molar-refractivity contribution >= 4 is 34.9 Å². The molecule has 1 atom stereocenters. The molecule has 0 aliphatic rings. The maximum Gasteiger partial charge on any atom is 0.320 e. The van der Waals surface area contributed by atoms with Gasteiger partial charge in [-0.05, 0) is 30.7 Å². The van der Waals surface area contributed by atoms with Crippen LogP contribution in [-0.4, -0.2) is 56.2 Å². The molecule has 174 valence electrons. The van der Waals surface area contributed by atoms with Crippen LogP contribution in [0.2, 0.25) is 0 Å². The van der Waals surface area contributed by atoms with Crippen LogP contribution in [0.5, 0.6) is 11.5 Å². The average molecular weight is 457 g/mol. The van der Waals surface area contributed by atoms with Gasteiger partial charge in [-0.25, -0.2) is 0 Å². The number of unbranched alkanes of at least 4 members (excludes halogenated alkanes) is 1. The van der Waals surface area contributed by atoms with Crippen LogP contribution in [0.25, 0.3) is 0 Å². The zero-order valence-corrected chi connectivity index (χ0v) is 17.7.